The van der Waals surface area contributed by atoms with Crippen LogP contribution in [-0.4, -0.2) is 0 Å². The summed E-state index contributed by atoms with van der Waals surface area (Å²) in [5, 5.41) is 0. The number of hydrogen-bond acceptors (Lipinski definition) is 1. The highest BCUT2D eigenvalue weighted by molar-refractivity contribution is 6.26. The van der Waals surface area contributed by atoms with Crippen molar-refractivity contribution in [2.75, 3.05) is 4.42 Å². The first-order valence-electron chi connectivity index (χ1n) is 3.47. The summed E-state index contributed by atoms with van der Waals surface area (Å²) >= 11 is 5.85. The van der Waals surface area contributed by atoms with Gasteiger partial charge in [0.2, 0.25) is 0 Å². The van der Waals surface area contributed by atoms with Gasteiger partial charge < -0.3 is 0 Å². The lowest BCUT2D eigenvalue weighted by molar-refractivity contribution is 1.41. The first-order valence-corrected chi connectivity index (χ1v) is 3.81. The first kappa shape index (κ1) is 8.15. The number of nitrogens with zero attached hydrogens (tertiary/aromatic N) is 1. The summed E-state index contributed by atoms with van der Waals surface area (Å²) in [6.45, 7) is 1.93. The second-order valence-corrected chi connectivity index (χ2v) is 2.49. The molecule has 0 aliphatic rings. The van der Waals surface area contributed by atoms with Gasteiger partial charge in [-0.2, -0.15) is 0 Å². The van der Waals surface area contributed by atoms with Gasteiger partial charge in [-0.25, -0.2) is 0 Å². The molecule has 58 valence electrons. The molecule has 2 heteroatoms. The molecule has 0 bridgehead atoms. The average Bonchev–Trinajstić information content (AvgIpc) is 2.07. The van der Waals surface area contributed by atoms with E-state index in [0.29, 0.717) is 0 Å². The summed E-state index contributed by atoms with van der Waals surface area (Å²) < 4.78 is 1.56. The van der Waals surface area contributed by atoms with Crippen LogP contribution in [0.3, 0.4) is 0 Å². The van der Waals surface area contributed by atoms with Crippen LogP contribution in [0.2, 0.25) is 0 Å². The lowest BCUT2D eigenvalue weighted by Gasteiger charge is -2.08. The van der Waals surface area contributed by atoms with E-state index < -0.39 is 0 Å². The minimum Gasteiger partial charge on any atom is -0.261 e. The number of halogens is 1. The zero-order valence-corrected chi connectivity index (χ0v) is 7.12. The van der Waals surface area contributed by atoms with Crippen molar-refractivity contribution in [3.05, 3.63) is 42.6 Å². The quantitative estimate of drug-likeness (QED) is 0.614. The number of para-hydroxylation sites is 1. The van der Waals surface area contributed by atoms with Crippen molar-refractivity contribution in [1.82, 2.24) is 0 Å². The molecule has 1 aromatic carbocycles. The van der Waals surface area contributed by atoms with Crippen LogP contribution in [0.15, 0.2) is 42.6 Å². The van der Waals surface area contributed by atoms with Crippen LogP contribution in [0.4, 0.5) is 5.69 Å². The molecule has 1 nitrogen and oxygen atoms in total. The largest absolute Gasteiger partial charge is 0.261 e. The fourth-order valence-electron chi connectivity index (χ4n) is 0.787. The van der Waals surface area contributed by atoms with Gasteiger partial charge in [0.25, 0.3) is 0 Å². The molecule has 0 heterocycles. The van der Waals surface area contributed by atoms with Crippen LogP contribution in [0, 0.1) is 0 Å². The Morgan fingerprint density at radius 2 is 1.91 bits per heavy atom. The van der Waals surface area contributed by atoms with Gasteiger partial charge in [-0.05, 0) is 19.1 Å². The second-order valence-electron chi connectivity index (χ2n) is 2.13. The third-order valence-electron chi connectivity index (χ3n) is 1.28. The molecule has 1 rings (SSSR count). The van der Waals surface area contributed by atoms with Crippen molar-refractivity contribution in [3.63, 3.8) is 0 Å². The molecule has 0 N–H and O–H groups in total. The van der Waals surface area contributed by atoms with E-state index in [4.69, 9.17) is 11.8 Å². The summed E-state index contributed by atoms with van der Waals surface area (Å²) in [7, 11) is 0. The SMILES string of the molecule is CC=CN(Cl)[13c]1ccccc1. The first-order chi connectivity index (χ1) is 5.34. The number of allylic oxidation sites excluding steroid dienone is 1. The van der Waals surface area contributed by atoms with Crippen LogP contribution in [0.5, 0.6) is 0 Å². The minimum atomic E-state index is 0.979. The average molecular weight is 169 g/mol. The molecule has 0 aromatic heterocycles. The van der Waals surface area contributed by atoms with Crippen molar-refractivity contribution < 1.29 is 0 Å². The van der Waals surface area contributed by atoms with E-state index in [1.807, 2.05) is 43.3 Å². The van der Waals surface area contributed by atoms with Crippen molar-refractivity contribution in [3.8, 4) is 0 Å². The van der Waals surface area contributed by atoms with Gasteiger partial charge in [-0.15, -0.1) is 0 Å². The third kappa shape index (κ3) is 2.28. The van der Waals surface area contributed by atoms with Crippen molar-refractivity contribution in [2.24, 2.45) is 0 Å². The molecule has 0 aliphatic heterocycles. The molecule has 0 fully saturated rings. The van der Waals surface area contributed by atoms with E-state index in [1.54, 1.807) is 10.6 Å². The predicted octanol–water partition coefficient (Wildman–Crippen LogP) is 3.18. The second kappa shape index (κ2) is 4.04. The summed E-state index contributed by atoms with van der Waals surface area (Å²) in [5.74, 6) is 0. The number of hydrogen-bond donors (Lipinski definition) is 0. The van der Waals surface area contributed by atoms with Crippen LogP contribution in [0.1, 0.15) is 6.92 Å². The Morgan fingerprint density at radius 3 is 2.45 bits per heavy atom. The molecule has 0 saturated heterocycles. The molecule has 1 aromatic rings. The van der Waals surface area contributed by atoms with Crippen molar-refractivity contribution >= 4 is 17.5 Å². The van der Waals surface area contributed by atoms with Crippen LogP contribution < -0.4 is 4.42 Å². The molecule has 11 heavy (non-hydrogen) atoms. The van der Waals surface area contributed by atoms with Gasteiger partial charge in [-0.3, -0.25) is 4.42 Å². The van der Waals surface area contributed by atoms with Gasteiger partial charge in [-0.1, -0.05) is 24.3 Å². The van der Waals surface area contributed by atoms with Crippen LogP contribution in [-0.2, 0) is 0 Å². The van der Waals surface area contributed by atoms with Crippen molar-refractivity contribution in [2.45, 2.75) is 6.92 Å². The van der Waals surface area contributed by atoms with Gasteiger partial charge in [0.1, 0.15) is 0 Å². The summed E-state index contributed by atoms with van der Waals surface area (Å²) in [6, 6.07) is 9.77. The van der Waals surface area contributed by atoms with E-state index in [1.165, 1.54) is 0 Å². The monoisotopic (exact) mass is 168 g/mol. The van der Waals surface area contributed by atoms with E-state index in [-0.39, 0.29) is 0 Å². The Bertz CT molecular complexity index is 231. The zero-order valence-electron chi connectivity index (χ0n) is 6.37. The Labute approximate surface area is 72.0 Å². The number of rotatable bonds is 2. The zero-order chi connectivity index (χ0) is 8.10. The number of benzene rings is 1. The topological polar surface area (TPSA) is 3.24 Å². The van der Waals surface area contributed by atoms with Crippen molar-refractivity contribution in [1.29, 1.82) is 0 Å². The Hall–Kier alpha value is -0.950. The predicted molar refractivity (Wildman–Crippen MR) is 49.6 cm³/mol. The minimum absolute atomic E-state index is 0.979. The van der Waals surface area contributed by atoms with Gasteiger partial charge in [0, 0.05) is 18.0 Å². The highest BCUT2D eigenvalue weighted by Crippen LogP contribution is 2.15. The number of anilines is 1. The van der Waals surface area contributed by atoms with E-state index in [2.05, 4.69) is 0 Å². The van der Waals surface area contributed by atoms with Gasteiger partial charge in [0.15, 0.2) is 0 Å². The molecule has 0 aliphatic carbocycles. The fraction of sp³-hybridized carbons (Fsp3) is 0.111. The summed E-state index contributed by atoms with van der Waals surface area (Å²) in [5.41, 5.74) is 0.979. The smallest absolute Gasteiger partial charge is 0.0574 e. The summed E-state index contributed by atoms with van der Waals surface area (Å²) in [6.07, 6.45) is 3.69. The molecular formula is C9H10ClN. The lowest BCUT2D eigenvalue weighted by atomic mass is 10.5. The van der Waals surface area contributed by atoms with E-state index in [9.17, 15) is 0 Å². The molecule has 0 radical (unpaired) electrons. The highest BCUT2D eigenvalue weighted by atomic mass is 35.5. The van der Waals surface area contributed by atoms with Crippen LogP contribution in [0.25, 0.3) is 0 Å². The maximum Gasteiger partial charge on any atom is 0.0574 e. The molecule has 0 saturated carbocycles. The van der Waals surface area contributed by atoms with E-state index in [0.717, 1.165) is 5.69 Å². The lowest BCUT2D eigenvalue weighted by Crippen LogP contribution is -1.97. The maximum absolute atomic E-state index is 5.85. The Morgan fingerprint density at radius 1 is 1.27 bits per heavy atom. The highest BCUT2D eigenvalue weighted by Gasteiger charge is 1.94. The third-order valence-corrected chi connectivity index (χ3v) is 1.59. The normalized spacial score (nSPS) is 10.4. The molecular weight excluding hydrogens is 159 g/mol. The standard InChI is InChI=1S/C9H10ClN/c1-2-8-11(10)9-6-4-3-5-7-9/h2-8H,1H3/i9+1. The van der Waals surface area contributed by atoms with Crippen LogP contribution >= 0.6 is 11.8 Å². The molecule has 0 spiro atoms. The molecule has 0 atom stereocenters. The van der Waals surface area contributed by atoms with E-state index >= 15 is 0 Å². The molecule has 0 amide bonds. The summed E-state index contributed by atoms with van der Waals surface area (Å²) in [4.78, 5) is 0. The van der Waals surface area contributed by atoms with Gasteiger partial charge in [0.05, 0.1) is 5.69 Å². The maximum atomic E-state index is 5.85. The van der Waals surface area contributed by atoms with Gasteiger partial charge >= 0.3 is 0 Å². The fourth-order valence-corrected chi connectivity index (χ4v) is 1.01. The Kier molecular flexibility index (Phi) is 2.99. The Balaban J connectivity index is 2.76. The molecule has 0 unspecified atom stereocenters.